The van der Waals surface area contributed by atoms with Crippen LogP contribution in [0.15, 0.2) is 231 Å². The Bertz CT molecular complexity index is 4170. The van der Waals surface area contributed by atoms with E-state index in [4.69, 9.17) is 18.9 Å². The number of ether oxygens (including phenoxy) is 4. The Kier molecular flexibility index (Phi) is 19.4. The van der Waals surface area contributed by atoms with Crippen LogP contribution in [0.25, 0.3) is 0 Å². The largest absolute Gasteiger partial charge is 0.459 e. The SMILES string of the molecule is CC(=O)OC[C@@]1(OC(=O)C(C)C)C(=O)N2[C@H]3Nc4ccccc4[C@@]3([C@]34C[C@]5(SSSC(c6ccccc6)(c6ccccc6)c6ccccc6)C(=O)N(C)[C@](COC(C)=O)(OC(=O)C(C)C)C(=O)N5[C@H]3Nc3ccccc34)C[C@]2(SSSC(c2ccccc2)(c2ccccc2)c2ccccc2)C(=O)N1C. The van der Waals surface area contributed by atoms with Gasteiger partial charge >= 0.3 is 35.3 Å². The maximum absolute atomic E-state index is 17.4. The molecule has 4 saturated heterocycles. The molecule has 14 rings (SSSR count). The molecule has 4 fully saturated rings. The van der Waals surface area contributed by atoms with Gasteiger partial charge in [-0.3, -0.25) is 58.0 Å². The van der Waals surface area contributed by atoms with E-state index < -0.39 is 126 Å². The van der Waals surface area contributed by atoms with Gasteiger partial charge in [0.1, 0.15) is 21.8 Å². The molecule has 8 aromatic rings. The van der Waals surface area contributed by atoms with E-state index in [1.807, 2.05) is 158 Å². The summed E-state index contributed by atoms with van der Waals surface area (Å²) in [5.41, 5.74) is -0.762. The van der Waals surface area contributed by atoms with Gasteiger partial charge in [-0.25, -0.2) is 0 Å². The highest BCUT2D eigenvalue weighted by molar-refractivity contribution is 9.10. The number of piperazine rings is 2. The van der Waals surface area contributed by atoms with E-state index in [0.29, 0.717) is 22.5 Å². The summed E-state index contributed by atoms with van der Waals surface area (Å²) >= 11 is 0. The predicted octanol–water partition coefficient (Wildman–Crippen LogP) is 14.1. The second-order valence-electron chi connectivity index (χ2n) is 27.4. The van der Waals surface area contributed by atoms with Crippen LogP contribution in [0.3, 0.4) is 0 Å². The molecular weight excluding hydrogens is 1430 g/mol. The van der Waals surface area contributed by atoms with Gasteiger partial charge < -0.3 is 29.6 Å². The molecule has 18 nitrogen and oxygen atoms in total. The van der Waals surface area contributed by atoms with Crippen LogP contribution in [0, 0.1) is 11.8 Å². The standard InChI is InChI=1S/C80H76N6O12S6/c1-51(2)65(89)97-75(49-95-53(5)87)69(91)85-67-73(61-43-27-29-45-63(61)81-67,47-77(85,71(93)83(75)7)99-103-101-79(55-31-15-9-16-32-55,56-33-17-10-18-34-56)57-35-19-11-20-36-57)74-48-78(100-104-102-80(58-37-21-12-22-38-58,59-39-23-13-24-40-59)60-41-25-14-26-42-60)72(94)84(8)76(50-96-54(6)88,98-66(90)52(3)4)70(92)86(78)68(74)82-64-46-30-28-44-62(64)74/h9-46,51-52,67-68,81-82H,47-50H2,1-8H3/t67-,68-,73+,74+,75-,76-,77+,78+/m1/s1. The van der Waals surface area contributed by atoms with Crippen LogP contribution in [0.2, 0.25) is 0 Å². The Labute approximate surface area is 627 Å². The first kappa shape index (κ1) is 72.2. The average Bonchev–Trinajstić information content (AvgIpc) is 1.46. The summed E-state index contributed by atoms with van der Waals surface area (Å²) in [6, 6.07) is 75.3. The highest BCUT2D eigenvalue weighted by atomic mass is 33.5. The van der Waals surface area contributed by atoms with Gasteiger partial charge in [0.15, 0.2) is 23.0 Å². The molecule has 534 valence electrons. The molecule has 0 aromatic heterocycles. The number of esters is 4. The maximum Gasteiger partial charge on any atom is 0.311 e. The molecule has 0 bridgehead atoms. The summed E-state index contributed by atoms with van der Waals surface area (Å²) in [6.45, 7) is 6.93. The smallest absolute Gasteiger partial charge is 0.311 e. The van der Waals surface area contributed by atoms with Crippen LogP contribution in [0.4, 0.5) is 11.4 Å². The number of carbonyl (C=O) groups excluding carboxylic acids is 8. The zero-order chi connectivity index (χ0) is 73.2. The minimum absolute atomic E-state index is 0.250. The summed E-state index contributed by atoms with van der Waals surface area (Å²) in [5, 5.41) is 7.65. The van der Waals surface area contributed by atoms with Crippen LogP contribution < -0.4 is 10.6 Å². The highest BCUT2D eigenvalue weighted by Crippen LogP contribution is 2.77. The number of hydrogen-bond donors (Lipinski definition) is 2. The van der Waals surface area contributed by atoms with Crippen molar-refractivity contribution >= 4 is 122 Å². The lowest BCUT2D eigenvalue weighted by Gasteiger charge is -2.53. The normalized spacial score (nSPS) is 25.1. The van der Waals surface area contributed by atoms with E-state index >= 15 is 19.2 Å². The van der Waals surface area contributed by atoms with Crippen molar-refractivity contribution in [1.82, 2.24) is 19.6 Å². The number of rotatable bonds is 23. The lowest BCUT2D eigenvalue weighted by atomic mass is 9.54. The number of nitrogens with one attached hydrogen (secondary N) is 2. The minimum atomic E-state index is -2.62. The molecule has 0 spiro atoms. The third-order valence-corrected chi connectivity index (χ3v) is 31.3. The fourth-order valence-electron chi connectivity index (χ4n) is 16.2. The number of fused-ring (bicyclic) bond motifs is 11. The molecule has 0 saturated carbocycles. The first-order valence-corrected chi connectivity index (χ1v) is 41.1. The summed E-state index contributed by atoms with van der Waals surface area (Å²) in [5.74, 6) is -8.21. The van der Waals surface area contributed by atoms with Crippen molar-refractivity contribution in [3.8, 4) is 0 Å². The predicted molar refractivity (Wildman–Crippen MR) is 410 cm³/mol. The number of anilines is 2. The van der Waals surface area contributed by atoms with Crippen LogP contribution in [0.1, 0.15) is 98.9 Å². The van der Waals surface area contributed by atoms with E-state index in [1.165, 1.54) is 65.1 Å². The molecule has 0 aliphatic carbocycles. The third-order valence-electron chi connectivity index (χ3n) is 21.1. The lowest BCUT2D eigenvalue weighted by molar-refractivity contribution is -0.223. The van der Waals surface area contributed by atoms with Crippen LogP contribution in [0.5, 0.6) is 0 Å². The van der Waals surface area contributed by atoms with Crippen molar-refractivity contribution in [3.05, 3.63) is 275 Å². The summed E-state index contributed by atoms with van der Waals surface area (Å²) in [7, 11) is 10.7. The van der Waals surface area contributed by atoms with E-state index in [9.17, 15) is 19.2 Å². The van der Waals surface area contributed by atoms with Crippen LogP contribution >= 0.6 is 62.8 Å². The van der Waals surface area contributed by atoms with Gasteiger partial charge in [0.25, 0.3) is 23.6 Å². The Hall–Kier alpha value is -8.78. The van der Waals surface area contributed by atoms with E-state index in [0.717, 1.165) is 78.6 Å². The fourth-order valence-corrected chi connectivity index (χ4v) is 28.6. The van der Waals surface area contributed by atoms with Crippen molar-refractivity contribution < 1.29 is 57.3 Å². The van der Waals surface area contributed by atoms with E-state index in [-0.39, 0.29) is 12.8 Å². The monoisotopic (exact) mass is 1500 g/mol. The lowest BCUT2D eigenvalue weighted by Crippen LogP contribution is -2.77. The van der Waals surface area contributed by atoms with Gasteiger partial charge in [0, 0.05) is 52.2 Å². The van der Waals surface area contributed by atoms with E-state index in [2.05, 4.69) is 83.4 Å². The van der Waals surface area contributed by atoms with Gasteiger partial charge in [-0.2, -0.15) is 0 Å². The van der Waals surface area contributed by atoms with E-state index in [1.54, 1.807) is 27.7 Å². The molecule has 6 aliphatic heterocycles. The topological polar surface area (TPSA) is 210 Å². The highest BCUT2D eigenvalue weighted by Gasteiger charge is 2.87. The average molecular weight is 1510 g/mol. The quantitative estimate of drug-likeness (QED) is 0.0264. The van der Waals surface area contributed by atoms with Gasteiger partial charge in [-0.05, 0) is 97.9 Å². The molecule has 2 N–H and O–H groups in total. The molecule has 24 heteroatoms. The summed E-state index contributed by atoms with van der Waals surface area (Å²) in [6.07, 6.45) is -3.20. The van der Waals surface area contributed by atoms with Gasteiger partial charge in [-0.15, -0.1) is 0 Å². The molecule has 8 aromatic carbocycles. The number of benzene rings is 8. The van der Waals surface area contributed by atoms with Crippen molar-refractivity contribution in [1.29, 1.82) is 0 Å². The van der Waals surface area contributed by atoms with Gasteiger partial charge in [0.2, 0.25) is 0 Å². The second-order valence-corrected chi connectivity index (χ2v) is 36.2. The number of nitrogens with zero attached hydrogens (tertiary/aromatic N) is 4. The third kappa shape index (κ3) is 11.0. The molecule has 8 atom stereocenters. The minimum Gasteiger partial charge on any atom is -0.459 e. The molecule has 0 unspecified atom stereocenters. The molecule has 4 amide bonds. The molecule has 6 aliphatic rings. The number of amides is 4. The molecule has 104 heavy (non-hydrogen) atoms. The zero-order valence-corrected chi connectivity index (χ0v) is 63.1. The number of likely N-dealkylation sites (N-methyl/N-ethyl adjacent to an activating group) is 2. The van der Waals surface area contributed by atoms with Crippen molar-refractivity contribution in [2.45, 2.75) is 108 Å². The summed E-state index contributed by atoms with van der Waals surface area (Å²) in [4.78, 5) is 126. The summed E-state index contributed by atoms with van der Waals surface area (Å²) < 4.78 is 22.5. The van der Waals surface area contributed by atoms with Gasteiger partial charge in [0.05, 0.1) is 22.7 Å². The first-order chi connectivity index (χ1) is 50.1. The van der Waals surface area contributed by atoms with Crippen molar-refractivity contribution in [2.24, 2.45) is 11.8 Å². The Morgan fingerprint density at radius 3 is 0.962 bits per heavy atom. The Balaban J connectivity index is 1.03. The zero-order valence-electron chi connectivity index (χ0n) is 58.2. The Morgan fingerprint density at radius 2 is 0.692 bits per heavy atom. The number of carbonyl (C=O) groups is 8. The molecular formula is C80H76N6O12S6. The Morgan fingerprint density at radius 1 is 0.423 bits per heavy atom. The van der Waals surface area contributed by atoms with Crippen LogP contribution in [-0.4, -0.2) is 128 Å². The van der Waals surface area contributed by atoms with Crippen molar-refractivity contribution in [2.75, 3.05) is 37.9 Å². The number of para-hydroxylation sites is 2. The van der Waals surface area contributed by atoms with Crippen molar-refractivity contribution in [3.63, 3.8) is 0 Å². The second kappa shape index (κ2) is 27.9. The number of hydrogen-bond acceptors (Lipinski definition) is 20. The molecule has 0 radical (unpaired) electrons. The fraction of sp³-hybridized carbons (Fsp3) is 0.300. The maximum atomic E-state index is 17.4. The first-order valence-electron chi connectivity index (χ1n) is 34.1. The molecule has 6 heterocycles. The van der Waals surface area contributed by atoms with Gasteiger partial charge in [-0.1, -0.05) is 268 Å². The van der Waals surface area contributed by atoms with Crippen LogP contribution in [-0.2, 0) is 77.6 Å².